The molecule has 0 bridgehead atoms. The lowest BCUT2D eigenvalue weighted by atomic mass is 10.1. The molecule has 0 aliphatic heterocycles. The lowest BCUT2D eigenvalue weighted by Crippen LogP contribution is -2.17. The Labute approximate surface area is 180 Å². The number of ether oxygens (including phenoxy) is 3. The highest BCUT2D eigenvalue weighted by atomic mass is 16.5. The van der Waals surface area contributed by atoms with Gasteiger partial charge in [0.15, 0.2) is 37.2 Å². The molecule has 0 spiro atoms. The molecule has 0 aliphatic carbocycles. The van der Waals surface area contributed by atoms with Crippen molar-refractivity contribution in [1.29, 1.82) is 0 Å². The van der Waals surface area contributed by atoms with Crippen molar-refractivity contribution in [1.82, 2.24) is 0 Å². The van der Waals surface area contributed by atoms with E-state index >= 15 is 0 Å². The summed E-state index contributed by atoms with van der Waals surface area (Å²) in [6.07, 6.45) is 0. The van der Waals surface area contributed by atoms with E-state index in [2.05, 4.69) is 19.7 Å². The summed E-state index contributed by atoms with van der Waals surface area (Å²) in [5, 5.41) is 0. The summed E-state index contributed by atoms with van der Waals surface area (Å²) < 4.78 is 15.2. The molecule has 1 aromatic rings. The summed E-state index contributed by atoms with van der Waals surface area (Å²) in [6, 6.07) is 3.65. The number of rotatable bonds is 12. The number of ketones is 3. The van der Waals surface area contributed by atoms with Gasteiger partial charge < -0.3 is 14.2 Å². The number of carbonyl (C=O) groups is 5. The summed E-state index contributed by atoms with van der Waals surface area (Å²) in [5.74, 6) is -3.11. The van der Waals surface area contributed by atoms with Crippen LogP contribution >= 0.6 is 0 Å². The normalized spacial score (nSPS) is 9.90. The lowest BCUT2D eigenvalue weighted by molar-refractivity contribution is -0.119. The van der Waals surface area contributed by atoms with Crippen molar-refractivity contribution in [3.05, 3.63) is 65.8 Å². The van der Waals surface area contributed by atoms with Crippen molar-refractivity contribution in [3.63, 3.8) is 0 Å². The van der Waals surface area contributed by atoms with Crippen LogP contribution in [0.2, 0.25) is 0 Å². The highest BCUT2D eigenvalue weighted by Gasteiger charge is 2.18. The molecule has 0 amide bonds. The maximum Gasteiger partial charge on any atom is 0.338 e. The monoisotopic (exact) mass is 428 g/mol. The Morgan fingerprint density at radius 1 is 0.645 bits per heavy atom. The van der Waals surface area contributed by atoms with Gasteiger partial charge in [-0.2, -0.15) is 0 Å². The molecule has 1 aromatic carbocycles. The van der Waals surface area contributed by atoms with Gasteiger partial charge in [0, 0.05) is 0 Å². The van der Waals surface area contributed by atoms with Gasteiger partial charge in [0.25, 0.3) is 0 Å². The summed E-state index contributed by atoms with van der Waals surface area (Å²) in [5.41, 5.74) is 0.469. The van der Waals surface area contributed by atoms with Crippen LogP contribution in [0.4, 0.5) is 0 Å². The maximum atomic E-state index is 12.3. The van der Waals surface area contributed by atoms with Crippen molar-refractivity contribution >= 4 is 29.3 Å². The quantitative estimate of drug-likeness (QED) is 0.369. The molecular formula is C23H24O8. The third-order valence-corrected chi connectivity index (χ3v) is 3.84. The van der Waals surface area contributed by atoms with Crippen LogP contribution in [0.25, 0.3) is 0 Å². The molecule has 31 heavy (non-hydrogen) atoms. The van der Waals surface area contributed by atoms with Crippen LogP contribution in [0.1, 0.15) is 41.5 Å². The van der Waals surface area contributed by atoms with Gasteiger partial charge in [-0.3, -0.25) is 14.4 Å². The van der Waals surface area contributed by atoms with E-state index in [9.17, 15) is 24.0 Å². The molecule has 0 fully saturated rings. The highest BCUT2D eigenvalue weighted by molar-refractivity contribution is 6.01. The molecule has 164 valence electrons. The van der Waals surface area contributed by atoms with Crippen LogP contribution in [0.15, 0.2) is 54.7 Å². The van der Waals surface area contributed by atoms with E-state index in [1.807, 2.05) is 0 Å². The first-order chi connectivity index (χ1) is 14.4. The molecule has 0 aliphatic rings. The van der Waals surface area contributed by atoms with E-state index in [1.54, 1.807) is 0 Å². The molecular weight excluding hydrogens is 404 g/mol. The smallest absolute Gasteiger partial charge is 0.338 e. The molecule has 0 heterocycles. The largest absolute Gasteiger partial charge is 0.485 e. The van der Waals surface area contributed by atoms with E-state index in [0.717, 1.165) is 6.07 Å². The Kier molecular flexibility index (Phi) is 9.27. The summed E-state index contributed by atoms with van der Waals surface area (Å²) in [4.78, 5) is 59.6. The number of Topliss-reactive ketones (excluding diaryl/α,β-unsaturated/α-hetero) is 3. The van der Waals surface area contributed by atoms with Crippen LogP contribution in [0.3, 0.4) is 0 Å². The fourth-order valence-corrected chi connectivity index (χ4v) is 1.87. The Hall–Kier alpha value is -3.81. The van der Waals surface area contributed by atoms with E-state index in [1.165, 1.54) is 32.9 Å². The molecule has 0 saturated heterocycles. The zero-order valence-electron chi connectivity index (χ0n) is 17.7. The summed E-state index contributed by atoms with van der Waals surface area (Å²) in [7, 11) is 0. The molecule has 0 N–H and O–H groups in total. The molecule has 8 nitrogen and oxygen atoms in total. The standard InChI is InChI=1S/C23H24O8/c1-13(2)19(24)10-29-18-8-16(22(27)30-11-20(25)14(3)4)7-17(9-18)23(28)31-12-21(26)15(5)6/h7-9H,1,3,5,10-12H2,2,4,6H3. The highest BCUT2D eigenvalue weighted by Crippen LogP contribution is 2.20. The molecule has 0 saturated carbocycles. The van der Waals surface area contributed by atoms with Gasteiger partial charge in [-0.1, -0.05) is 19.7 Å². The van der Waals surface area contributed by atoms with Crippen molar-refractivity contribution in [2.45, 2.75) is 20.8 Å². The minimum Gasteiger partial charge on any atom is -0.485 e. The fraction of sp³-hybridized carbons (Fsp3) is 0.261. The first kappa shape index (κ1) is 25.2. The van der Waals surface area contributed by atoms with Crippen LogP contribution < -0.4 is 4.74 Å². The van der Waals surface area contributed by atoms with Gasteiger partial charge in [0.2, 0.25) is 0 Å². The number of esters is 2. The average Bonchev–Trinajstić information content (AvgIpc) is 2.72. The van der Waals surface area contributed by atoms with Gasteiger partial charge in [-0.15, -0.1) is 0 Å². The fourth-order valence-electron chi connectivity index (χ4n) is 1.87. The zero-order valence-corrected chi connectivity index (χ0v) is 17.7. The van der Waals surface area contributed by atoms with E-state index in [4.69, 9.17) is 14.2 Å². The number of benzene rings is 1. The van der Waals surface area contributed by atoms with E-state index < -0.39 is 36.7 Å². The number of hydrogen-bond acceptors (Lipinski definition) is 8. The first-order valence-corrected chi connectivity index (χ1v) is 9.10. The predicted molar refractivity (Wildman–Crippen MR) is 112 cm³/mol. The molecule has 0 unspecified atom stereocenters. The zero-order chi connectivity index (χ0) is 23.7. The van der Waals surface area contributed by atoms with Gasteiger partial charge >= 0.3 is 11.9 Å². The third kappa shape index (κ3) is 8.22. The lowest BCUT2D eigenvalue weighted by Gasteiger charge is -2.11. The Bertz CT molecular complexity index is 908. The van der Waals surface area contributed by atoms with Crippen molar-refractivity contribution in [2.75, 3.05) is 19.8 Å². The summed E-state index contributed by atoms with van der Waals surface area (Å²) in [6.45, 7) is 13.5. The van der Waals surface area contributed by atoms with E-state index in [0.29, 0.717) is 0 Å². The Balaban J connectivity index is 3.11. The van der Waals surface area contributed by atoms with Crippen molar-refractivity contribution in [3.8, 4) is 5.75 Å². The number of carbonyl (C=O) groups excluding carboxylic acids is 5. The average molecular weight is 428 g/mol. The third-order valence-electron chi connectivity index (χ3n) is 3.84. The van der Waals surface area contributed by atoms with Gasteiger partial charge in [-0.05, 0) is 55.7 Å². The number of hydrogen-bond donors (Lipinski definition) is 0. The summed E-state index contributed by atoms with van der Waals surface area (Å²) >= 11 is 0. The first-order valence-electron chi connectivity index (χ1n) is 9.10. The predicted octanol–water partition coefficient (Wildman–Crippen LogP) is 2.81. The molecule has 0 radical (unpaired) electrons. The maximum absolute atomic E-state index is 12.3. The van der Waals surface area contributed by atoms with Crippen LogP contribution in [-0.4, -0.2) is 49.1 Å². The van der Waals surface area contributed by atoms with E-state index in [-0.39, 0.29) is 46.0 Å². The molecule has 1 rings (SSSR count). The van der Waals surface area contributed by atoms with Crippen molar-refractivity contribution < 1.29 is 38.2 Å². The van der Waals surface area contributed by atoms with Gasteiger partial charge in [0.1, 0.15) is 5.75 Å². The second-order valence-corrected chi connectivity index (χ2v) is 6.80. The SMILES string of the molecule is C=C(C)C(=O)COC(=O)c1cc(OCC(=O)C(=C)C)cc(C(=O)OCC(=O)C(=C)C)c1. The van der Waals surface area contributed by atoms with Gasteiger partial charge in [-0.25, -0.2) is 9.59 Å². The van der Waals surface area contributed by atoms with Gasteiger partial charge in [0.05, 0.1) is 11.1 Å². The van der Waals surface area contributed by atoms with Crippen LogP contribution in [0, 0.1) is 0 Å². The topological polar surface area (TPSA) is 113 Å². The van der Waals surface area contributed by atoms with Crippen molar-refractivity contribution in [2.24, 2.45) is 0 Å². The second kappa shape index (κ2) is 11.4. The Morgan fingerprint density at radius 2 is 1.00 bits per heavy atom. The molecule has 8 heteroatoms. The minimum atomic E-state index is -0.904. The van der Waals surface area contributed by atoms with Crippen LogP contribution in [0.5, 0.6) is 5.75 Å². The Morgan fingerprint density at radius 3 is 1.35 bits per heavy atom. The minimum absolute atomic E-state index is 0.00783. The molecule has 0 aromatic heterocycles. The molecule has 0 atom stereocenters. The van der Waals surface area contributed by atoms with Crippen LogP contribution in [-0.2, 0) is 23.9 Å². The second-order valence-electron chi connectivity index (χ2n) is 6.80.